The molecule has 1 saturated heterocycles. The molecule has 2 aromatic carbocycles. The van der Waals surface area contributed by atoms with Crippen LogP contribution in [0.15, 0.2) is 53.4 Å². The van der Waals surface area contributed by atoms with E-state index in [4.69, 9.17) is 12.2 Å². The number of non-ortho nitro benzene ring substituents is 1. The van der Waals surface area contributed by atoms with Crippen molar-refractivity contribution in [1.82, 2.24) is 15.8 Å². The molecule has 0 aromatic heterocycles. The number of nitrogens with one attached hydrogen (secondary N) is 2. The SMILES string of the molecule is O=C(CCN1C(=O)/C(=C\c2ccccc2F)SC1=S)NNC(=O)c1ccc([N+](=O)[O-])cc1. The van der Waals surface area contributed by atoms with Gasteiger partial charge in [0.1, 0.15) is 10.1 Å². The largest absolute Gasteiger partial charge is 0.292 e. The highest BCUT2D eigenvalue weighted by atomic mass is 32.2. The average Bonchev–Trinajstić information content (AvgIpc) is 3.04. The molecule has 0 radical (unpaired) electrons. The number of hydrogen-bond acceptors (Lipinski definition) is 7. The van der Waals surface area contributed by atoms with Gasteiger partial charge >= 0.3 is 0 Å². The van der Waals surface area contributed by atoms with E-state index in [-0.39, 0.29) is 39.0 Å². The van der Waals surface area contributed by atoms with Crippen LogP contribution in [0.5, 0.6) is 0 Å². The number of halogens is 1. The molecule has 3 amide bonds. The highest BCUT2D eigenvalue weighted by Crippen LogP contribution is 2.32. The molecule has 1 fully saturated rings. The van der Waals surface area contributed by atoms with Crippen LogP contribution in [0.1, 0.15) is 22.3 Å². The summed E-state index contributed by atoms with van der Waals surface area (Å²) in [4.78, 5) is 48.1. The third-order valence-corrected chi connectivity index (χ3v) is 5.66. The number of amides is 3. The minimum atomic E-state index is -0.660. The number of nitrogens with zero attached hydrogens (tertiary/aromatic N) is 2. The predicted octanol–water partition coefficient (Wildman–Crippen LogP) is 2.79. The van der Waals surface area contributed by atoms with Crippen molar-refractivity contribution < 1.29 is 23.7 Å². The molecule has 2 N–H and O–H groups in total. The van der Waals surface area contributed by atoms with E-state index in [9.17, 15) is 28.9 Å². The standard InChI is InChI=1S/C20H15FN4O5S2/c21-15-4-2-1-3-13(15)11-16-19(28)24(20(31)32-16)10-9-17(26)22-23-18(27)12-5-7-14(8-6-12)25(29)30/h1-8,11H,9-10H2,(H,22,26)(H,23,27)/b16-11+. The van der Waals surface area contributed by atoms with Crippen molar-refractivity contribution in [2.24, 2.45) is 0 Å². The van der Waals surface area contributed by atoms with Crippen molar-refractivity contribution in [1.29, 1.82) is 0 Å². The Labute approximate surface area is 190 Å². The summed E-state index contributed by atoms with van der Waals surface area (Å²) in [7, 11) is 0. The molecule has 9 nitrogen and oxygen atoms in total. The lowest BCUT2D eigenvalue weighted by Gasteiger charge is -2.14. The lowest BCUT2D eigenvalue weighted by Crippen LogP contribution is -2.43. The molecule has 12 heteroatoms. The summed E-state index contributed by atoms with van der Waals surface area (Å²) in [5.74, 6) is -2.15. The number of thioether (sulfide) groups is 1. The number of nitro benzene ring substituents is 1. The van der Waals surface area contributed by atoms with E-state index >= 15 is 0 Å². The first-order chi connectivity index (χ1) is 15.3. The zero-order valence-electron chi connectivity index (χ0n) is 16.2. The summed E-state index contributed by atoms with van der Waals surface area (Å²) in [6.07, 6.45) is 1.25. The van der Waals surface area contributed by atoms with Crippen LogP contribution in [-0.2, 0) is 9.59 Å². The second kappa shape index (κ2) is 10.1. The van der Waals surface area contributed by atoms with Crippen molar-refractivity contribution in [2.45, 2.75) is 6.42 Å². The van der Waals surface area contributed by atoms with Crippen LogP contribution in [0.3, 0.4) is 0 Å². The fourth-order valence-corrected chi connectivity index (χ4v) is 3.93. The van der Waals surface area contributed by atoms with Crippen molar-refractivity contribution in [3.05, 3.63) is 80.5 Å². The van der Waals surface area contributed by atoms with E-state index in [0.29, 0.717) is 0 Å². The molecule has 1 aliphatic heterocycles. The van der Waals surface area contributed by atoms with Crippen molar-refractivity contribution in [3.63, 3.8) is 0 Å². The Morgan fingerprint density at radius 3 is 2.50 bits per heavy atom. The minimum Gasteiger partial charge on any atom is -0.292 e. The van der Waals surface area contributed by atoms with Gasteiger partial charge in [-0.1, -0.05) is 42.2 Å². The molecule has 0 aliphatic carbocycles. The summed E-state index contributed by atoms with van der Waals surface area (Å²) in [5, 5.41) is 10.6. The van der Waals surface area contributed by atoms with Gasteiger partial charge in [-0.15, -0.1) is 0 Å². The van der Waals surface area contributed by atoms with Crippen molar-refractivity contribution in [2.75, 3.05) is 6.54 Å². The monoisotopic (exact) mass is 474 g/mol. The molecule has 3 rings (SSSR count). The molecule has 1 aliphatic rings. The summed E-state index contributed by atoms with van der Waals surface area (Å²) < 4.78 is 14.1. The van der Waals surface area contributed by atoms with Gasteiger partial charge in [-0.2, -0.15) is 0 Å². The topological polar surface area (TPSA) is 122 Å². The van der Waals surface area contributed by atoms with Gasteiger partial charge in [0.05, 0.1) is 9.83 Å². The number of carbonyl (C=O) groups excluding carboxylic acids is 3. The predicted molar refractivity (Wildman–Crippen MR) is 120 cm³/mol. The molecule has 2 aromatic rings. The van der Waals surface area contributed by atoms with Crippen molar-refractivity contribution in [3.8, 4) is 0 Å². The molecular weight excluding hydrogens is 459 g/mol. The van der Waals surface area contributed by atoms with E-state index in [0.717, 1.165) is 11.8 Å². The second-order valence-corrected chi connectivity index (χ2v) is 8.09. The highest BCUT2D eigenvalue weighted by Gasteiger charge is 2.32. The first-order valence-corrected chi connectivity index (χ1v) is 10.3. The van der Waals surface area contributed by atoms with Gasteiger partial charge < -0.3 is 0 Å². The van der Waals surface area contributed by atoms with Crippen LogP contribution in [0.2, 0.25) is 0 Å². The number of hydrogen-bond donors (Lipinski definition) is 2. The van der Waals surface area contributed by atoms with Crippen LogP contribution < -0.4 is 10.9 Å². The average molecular weight is 474 g/mol. The quantitative estimate of drug-likeness (QED) is 0.286. The molecule has 32 heavy (non-hydrogen) atoms. The van der Waals surface area contributed by atoms with Crippen LogP contribution in [-0.4, -0.2) is 38.4 Å². The smallest absolute Gasteiger partial charge is 0.269 e. The summed E-state index contributed by atoms with van der Waals surface area (Å²) in [6, 6.07) is 10.8. The number of rotatable bonds is 6. The fraction of sp³-hybridized carbons (Fsp3) is 0.100. The Bertz CT molecular complexity index is 1140. The van der Waals surface area contributed by atoms with Gasteiger partial charge in [0.15, 0.2) is 0 Å². The van der Waals surface area contributed by atoms with E-state index in [1.54, 1.807) is 6.07 Å². The Hall–Kier alpha value is -3.64. The summed E-state index contributed by atoms with van der Waals surface area (Å²) >= 11 is 6.19. The van der Waals surface area contributed by atoms with Crippen LogP contribution >= 0.6 is 24.0 Å². The van der Waals surface area contributed by atoms with Crippen LogP contribution in [0.25, 0.3) is 6.08 Å². The Morgan fingerprint density at radius 1 is 1.16 bits per heavy atom. The van der Waals surface area contributed by atoms with E-state index in [2.05, 4.69) is 10.9 Å². The van der Waals surface area contributed by atoms with Gasteiger partial charge in [-0.25, -0.2) is 4.39 Å². The third kappa shape index (κ3) is 5.53. The van der Waals surface area contributed by atoms with Gasteiger partial charge in [-0.05, 0) is 24.3 Å². The lowest BCUT2D eigenvalue weighted by atomic mass is 10.2. The Morgan fingerprint density at radius 2 is 1.84 bits per heavy atom. The third-order valence-electron chi connectivity index (χ3n) is 4.28. The fourth-order valence-electron chi connectivity index (χ4n) is 2.64. The number of benzene rings is 2. The second-order valence-electron chi connectivity index (χ2n) is 6.41. The maximum atomic E-state index is 13.8. The van der Waals surface area contributed by atoms with Gasteiger partial charge in [0, 0.05) is 36.2 Å². The molecule has 0 atom stereocenters. The van der Waals surface area contributed by atoms with E-state index in [1.165, 1.54) is 53.4 Å². The number of thiocarbonyl (C=S) groups is 1. The summed E-state index contributed by atoms with van der Waals surface area (Å²) in [6.45, 7) is -0.0293. The Balaban J connectivity index is 1.51. The zero-order chi connectivity index (χ0) is 23.3. The van der Waals surface area contributed by atoms with Crippen LogP contribution in [0, 0.1) is 15.9 Å². The first-order valence-electron chi connectivity index (χ1n) is 9.10. The zero-order valence-corrected chi connectivity index (χ0v) is 17.9. The molecule has 0 spiro atoms. The van der Waals surface area contributed by atoms with Crippen molar-refractivity contribution >= 4 is 57.8 Å². The molecular formula is C20H15FN4O5S2. The number of carbonyl (C=O) groups is 3. The molecule has 1 heterocycles. The minimum absolute atomic E-state index is 0.0293. The summed E-state index contributed by atoms with van der Waals surface area (Å²) in [5.41, 5.74) is 4.59. The molecule has 0 saturated carbocycles. The van der Waals surface area contributed by atoms with E-state index < -0.39 is 28.5 Å². The van der Waals surface area contributed by atoms with E-state index in [1.807, 2.05) is 0 Å². The molecule has 0 bridgehead atoms. The first kappa shape index (κ1) is 23.0. The van der Waals surface area contributed by atoms with Gasteiger partial charge in [-0.3, -0.25) is 40.2 Å². The molecule has 0 unspecified atom stereocenters. The van der Waals surface area contributed by atoms with Gasteiger partial charge in [0.25, 0.3) is 17.5 Å². The van der Waals surface area contributed by atoms with Crippen LogP contribution in [0.4, 0.5) is 10.1 Å². The Kier molecular flexibility index (Phi) is 7.28. The number of nitro groups is 1. The highest BCUT2D eigenvalue weighted by molar-refractivity contribution is 8.26. The maximum absolute atomic E-state index is 13.8. The maximum Gasteiger partial charge on any atom is 0.269 e. The normalized spacial score (nSPS) is 14.5. The van der Waals surface area contributed by atoms with Gasteiger partial charge in [0.2, 0.25) is 5.91 Å². The molecule has 164 valence electrons. The number of hydrazine groups is 1. The lowest BCUT2D eigenvalue weighted by molar-refractivity contribution is -0.384.